The lowest BCUT2D eigenvalue weighted by Gasteiger charge is -2.11. The summed E-state index contributed by atoms with van der Waals surface area (Å²) in [4.78, 5) is 16.8. The lowest BCUT2D eigenvalue weighted by atomic mass is 10.2. The molecule has 2 heterocycles. The number of carboxylic acid groups (broad SMARTS) is 1. The van der Waals surface area contributed by atoms with E-state index in [9.17, 15) is 9.90 Å². The first-order valence-corrected chi connectivity index (χ1v) is 8.90. The fraction of sp³-hybridized carbons (Fsp3) is 0.176. The maximum absolute atomic E-state index is 11.4. The average Bonchev–Trinajstić information content (AvgIpc) is 3.20. The second-order valence-electron chi connectivity index (χ2n) is 5.18. The molecule has 6 heteroatoms. The first-order valence-electron chi connectivity index (χ1n) is 7.14. The van der Waals surface area contributed by atoms with Crippen LogP contribution in [0, 0.1) is 6.92 Å². The summed E-state index contributed by atoms with van der Waals surface area (Å²) in [7, 11) is 0. The summed E-state index contributed by atoms with van der Waals surface area (Å²) in [6.07, 6.45) is 0. The SMILES string of the molecule is Cc1ccc(-c2nc(CNC(C(=O)O)c3cccs3)cs2)cc1. The number of hydrogen-bond acceptors (Lipinski definition) is 5. The number of rotatable bonds is 6. The van der Waals surface area contributed by atoms with Crippen LogP contribution in [0.2, 0.25) is 0 Å². The fourth-order valence-electron chi connectivity index (χ4n) is 2.19. The van der Waals surface area contributed by atoms with Gasteiger partial charge in [0.2, 0.25) is 0 Å². The van der Waals surface area contributed by atoms with Crippen molar-refractivity contribution in [3.05, 3.63) is 63.3 Å². The summed E-state index contributed by atoms with van der Waals surface area (Å²) in [6, 6.07) is 11.2. The van der Waals surface area contributed by atoms with E-state index in [1.807, 2.05) is 22.9 Å². The third kappa shape index (κ3) is 3.85. The highest BCUT2D eigenvalue weighted by Gasteiger charge is 2.20. The highest BCUT2D eigenvalue weighted by atomic mass is 32.1. The van der Waals surface area contributed by atoms with Crippen molar-refractivity contribution in [3.8, 4) is 10.6 Å². The Kier molecular flexibility index (Phi) is 4.85. The molecular weight excluding hydrogens is 328 g/mol. The number of carboxylic acids is 1. The molecule has 0 aliphatic heterocycles. The molecule has 1 aromatic carbocycles. The summed E-state index contributed by atoms with van der Waals surface area (Å²) < 4.78 is 0. The van der Waals surface area contributed by atoms with Crippen molar-refractivity contribution in [2.45, 2.75) is 19.5 Å². The fourth-order valence-corrected chi connectivity index (χ4v) is 3.81. The molecule has 0 aliphatic rings. The van der Waals surface area contributed by atoms with Crippen LogP contribution in [0.15, 0.2) is 47.2 Å². The average molecular weight is 344 g/mol. The van der Waals surface area contributed by atoms with Gasteiger partial charge in [-0.1, -0.05) is 35.9 Å². The van der Waals surface area contributed by atoms with Crippen molar-refractivity contribution in [1.29, 1.82) is 0 Å². The first-order chi connectivity index (χ1) is 11.1. The van der Waals surface area contributed by atoms with E-state index in [2.05, 4.69) is 41.5 Å². The lowest BCUT2D eigenvalue weighted by molar-refractivity contribution is -0.139. The third-order valence-electron chi connectivity index (χ3n) is 3.41. The minimum atomic E-state index is -0.874. The highest BCUT2D eigenvalue weighted by Crippen LogP contribution is 2.25. The van der Waals surface area contributed by atoms with Gasteiger partial charge in [-0.25, -0.2) is 4.98 Å². The van der Waals surface area contributed by atoms with E-state index in [1.54, 1.807) is 11.3 Å². The summed E-state index contributed by atoms with van der Waals surface area (Å²) in [5.74, 6) is -0.874. The second-order valence-corrected chi connectivity index (χ2v) is 7.01. The van der Waals surface area contributed by atoms with E-state index in [1.165, 1.54) is 16.9 Å². The number of aromatic nitrogens is 1. The largest absolute Gasteiger partial charge is 0.480 e. The Hall–Kier alpha value is -2.02. The molecule has 1 atom stereocenters. The van der Waals surface area contributed by atoms with Gasteiger partial charge in [-0.05, 0) is 18.4 Å². The third-order valence-corrected chi connectivity index (χ3v) is 5.29. The molecule has 3 rings (SSSR count). The Labute approximate surface area is 142 Å². The highest BCUT2D eigenvalue weighted by molar-refractivity contribution is 7.13. The van der Waals surface area contributed by atoms with Gasteiger partial charge in [0.1, 0.15) is 11.0 Å². The van der Waals surface area contributed by atoms with Gasteiger partial charge in [0, 0.05) is 22.4 Å². The van der Waals surface area contributed by atoms with Gasteiger partial charge in [0.15, 0.2) is 0 Å². The van der Waals surface area contributed by atoms with Crippen LogP contribution in [0.1, 0.15) is 22.2 Å². The maximum Gasteiger partial charge on any atom is 0.326 e. The molecule has 0 bridgehead atoms. The van der Waals surface area contributed by atoms with Crippen LogP contribution in [0.4, 0.5) is 0 Å². The molecular formula is C17H16N2O2S2. The van der Waals surface area contributed by atoms with E-state index < -0.39 is 12.0 Å². The zero-order valence-electron chi connectivity index (χ0n) is 12.5. The Morgan fingerprint density at radius 2 is 2.04 bits per heavy atom. The number of thiazole rings is 1. The van der Waals surface area contributed by atoms with Crippen LogP contribution in [0.25, 0.3) is 10.6 Å². The van der Waals surface area contributed by atoms with Gasteiger partial charge in [-0.3, -0.25) is 10.1 Å². The monoisotopic (exact) mass is 344 g/mol. The molecule has 0 amide bonds. The van der Waals surface area contributed by atoms with E-state index in [-0.39, 0.29) is 0 Å². The van der Waals surface area contributed by atoms with Crippen LogP contribution >= 0.6 is 22.7 Å². The number of benzene rings is 1. The van der Waals surface area contributed by atoms with Gasteiger partial charge in [0.05, 0.1) is 5.69 Å². The lowest BCUT2D eigenvalue weighted by Crippen LogP contribution is -2.27. The summed E-state index contributed by atoms with van der Waals surface area (Å²) in [6.45, 7) is 2.48. The minimum Gasteiger partial charge on any atom is -0.480 e. The first kappa shape index (κ1) is 15.9. The molecule has 0 radical (unpaired) electrons. The molecule has 0 spiro atoms. The summed E-state index contributed by atoms with van der Waals surface area (Å²) in [5, 5.41) is 17.2. The summed E-state index contributed by atoms with van der Waals surface area (Å²) in [5.41, 5.74) is 3.15. The number of carbonyl (C=O) groups is 1. The molecule has 2 N–H and O–H groups in total. The van der Waals surface area contributed by atoms with Crippen LogP contribution < -0.4 is 5.32 Å². The number of nitrogens with zero attached hydrogens (tertiary/aromatic N) is 1. The minimum absolute atomic E-state index is 0.428. The molecule has 118 valence electrons. The predicted octanol–water partition coefficient (Wildman–Crippen LogP) is 4.10. The zero-order chi connectivity index (χ0) is 16.2. The van der Waals surface area contributed by atoms with Gasteiger partial charge < -0.3 is 5.11 Å². The van der Waals surface area contributed by atoms with E-state index >= 15 is 0 Å². The number of aliphatic carboxylic acids is 1. The molecule has 0 fully saturated rings. The van der Waals surface area contributed by atoms with Crippen LogP contribution in [0.3, 0.4) is 0 Å². The van der Waals surface area contributed by atoms with Gasteiger partial charge >= 0.3 is 5.97 Å². The molecule has 0 saturated heterocycles. The van der Waals surface area contributed by atoms with E-state index in [4.69, 9.17) is 0 Å². The van der Waals surface area contributed by atoms with Crippen molar-refractivity contribution < 1.29 is 9.90 Å². The topological polar surface area (TPSA) is 62.2 Å². The number of nitrogens with one attached hydrogen (secondary N) is 1. The standard InChI is InChI=1S/C17H16N2O2S2/c1-11-4-6-12(7-5-11)16-19-13(10-23-16)9-18-15(17(20)21)14-3-2-8-22-14/h2-8,10,15,18H,9H2,1H3,(H,20,21). The zero-order valence-corrected chi connectivity index (χ0v) is 14.2. The predicted molar refractivity (Wildman–Crippen MR) is 93.8 cm³/mol. The number of thiophene rings is 1. The van der Waals surface area contributed by atoms with Crippen molar-refractivity contribution in [2.75, 3.05) is 0 Å². The molecule has 0 saturated carbocycles. The van der Waals surface area contributed by atoms with Crippen molar-refractivity contribution in [1.82, 2.24) is 10.3 Å². The van der Waals surface area contributed by atoms with Crippen LogP contribution in [0.5, 0.6) is 0 Å². The van der Waals surface area contributed by atoms with Crippen molar-refractivity contribution >= 4 is 28.6 Å². The molecule has 3 aromatic rings. The Morgan fingerprint density at radius 1 is 1.26 bits per heavy atom. The van der Waals surface area contributed by atoms with Crippen LogP contribution in [-0.2, 0) is 11.3 Å². The quantitative estimate of drug-likeness (QED) is 0.707. The number of hydrogen-bond donors (Lipinski definition) is 2. The molecule has 2 aromatic heterocycles. The second kappa shape index (κ2) is 7.04. The van der Waals surface area contributed by atoms with Gasteiger partial charge in [-0.2, -0.15) is 0 Å². The molecule has 4 nitrogen and oxygen atoms in total. The van der Waals surface area contributed by atoms with Crippen molar-refractivity contribution in [3.63, 3.8) is 0 Å². The molecule has 0 aliphatic carbocycles. The molecule has 1 unspecified atom stereocenters. The Morgan fingerprint density at radius 3 is 2.70 bits per heavy atom. The van der Waals surface area contributed by atoms with E-state index in [0.717, 1.165) is 21.1 Å². The van der Waals surface area contributed by atoms with E-state index in [0.29, 0.717) is 6.54 Å². The Balaban J connectivity index is 1.69. The molecule has 23 heavy (non-hydrogen) atoms. The van der Waals surface area contributed by atoms with Gasteiger partial charge in [0.25, 0.3) is 0 Å². The van der Waals surface area contributed by atoms with Gasteiger partial charge in [-0.15, -0.1) is 22.7 Å². The summed E-state index contributed by atoms with van der Waals surface area (Å²) >= 11 is 3.01. The Bertz CT molecular complexity index is 779. The number of aryl methyl sites for hydroxylation is 1. The van der Waals surface area contributed by atoms with Crippen molar-refractivity contribution in [2.24, 2.45) is 0 Å². The van der Waals surface area contributed by atoms with Crippen LogP contribution in [-0.4, -0.2) is 16.1 Å². The smallest absolute Gasteiger partial charge is 0.326 e. The normalized spacial score (nSPS) is 12.2. The maximum atomic E-state index is 11.4.